The quantitative estimate of drug-likeness (QED) is 0.234. The normalized spacial score (nSPS) is 16.8. The van der Waals surface area contributed by atoms with Crippen molar-refractivity contribution in [3.63, 3.8) is 0 Å². The van der Waals surface area contributed by atoms with Crippen LogP contribution in [0, 0.1) is 11.8 Å². The second-order valence-corrected chi connectivity index (χ2v) is 12.5. The smallest absolute Gasteiger partial charge is 0.408 e. The maximum atomic E-state index is 13.1. The first-order chi connectivity index (χ1) is 19.4. The number of rotatable bonds is 10. The number of ether oxygens (including phenoxy) is 2. The second-order valence-electron chi connectivity index (χ2n) is 12.5. The van der Waals surface area contributed by atoms with E-state index in [1.807, 2.05) is 43.0 Å². The maximum absolute atomic E-state index is 13.1. The lowest BCUT2D eigenvalue weighted by molar-refractivity contribution is -0.132. The molecule has 2 aliphatic heterocycles. The van der Waals surface area contributed by atoms with E-state index < -0.39 is 17.7 Å². The summed E-state index contributed by atoms with van der Waals surface area (Å²) in [4.78, 5) is 41.4. The molecule has 0 aromatic heterocycles. The SMILES string of the molecule is CC(C)C(=[N-])NC(=O)N1CCC(CCCOc2ccc(C[C@H](NC(=O)OC(C)(C)C)C(=O)N3CCCC3)cc2)CC1. The van der Waals surface area contributed by atoms with Gasteiger partial charge in [0.1, 0.15) is 17.4 Å². The number of hydrogen-bond acceptors (Lipinski definition) is 5. The molecule has 228 valence electrons. The van der Waals surface area contributed by atoms with Crippen LogP contribution in [0.25, 0.3) is 5.41 Å². The van der Waals surface area contributed by atoms with Gasteiger partial charge in [0.15, 0.2) is 0 Å². The van der Waals surface area contributed by atoms with Crippen LogP contribution in [0.15, 0.2) is 24.3 Å². The summed E-state index contributed by atoms with van der Waals surface area (Å²) in [5.74, 6) is 1.15. The van der Waals surface area contributed by atoms with E-state index in [0.717, 1.165) is 49.8 Å². The largest absolute Gasteiger partial charge is 0.494 e. The van der Waals surface area contributed by atoms with Crippen LogP contribution >= 0.6 is 0 Å². The lowest BCUT2D eigenvalue weighted by Crippen LogP contribution is -2.50. The number of urea groups is 1. The Hall–Kier alpha value is -3.30. The molecule has 2 heterocycles. The highest BCUT2D eigenvalue weighted by molar-refractivity contribution is 6.00. The fraction of sp³-hybridized carbons (Fsp3) is 0.677. The van der Waals surface area contributed by atoms with E-state index in [0.29, 0.717) is 45.1 Å². The number of nitrogens with one attached hydrogen (secondary N) is 2. The summed E-state index contributed by atoms with van der Waals surface area (Å²) in [6.07, 6.45) is 5.60. The van der Waals surface area contributed by atoms with Crippen molar-refractivity contribution in [3.05, 3.63) is 35.2 Å². The van der Waals surface area contributed by atoms with Gasteiger partial charge < -0.3 is 35.3 Å². The number of benzene rings is 1. The van der Waals surface area contributed by atoms with E-state index in [4.69, 9.17) is 9.47 Å². The van der Waals surface area contributed by atoms with Gasteiger partial charge in [-0.05, 0) is 88.8 Å². The van der Waals surface area contributed by atoms with E-state index in [1.54, 1.807) is 25.7 Å². The van der Waals surface area contributed by atoms with Crippen LogP contribution in [-0.2, 0) is 16.0 Å². The molecule has 41 heavy (non-hydrogen) atoms. The Morgan fingerprint density at radius 1 is 1.00 bits per heavy atom. The highest BCUT2D eigenvalue weighted by Gasteiger charge is 2.29. The minimum absolute atomic E-state index is 0.00941. The third kappa shape index (κ3) is 10.9. The number of hydrogen-bond donors (Lipinski definition) is 2. The molecule has 2 saturated heterocycles. The van der Waals surface area contributed by atoms with Gasteiger partial charge in [0, 0.05) is 32.6 Å². The first kappa shape index (κ1) is 32.2. The van der Waals surface area contributed by atoms with Gasteiger partial charge in [-0.1, -0.05) is 31.8 Å². The van der Waals surface area contributed by atoms with Crippen molar-refractivity contribution in [1.29, 1.82) is 0 Å². The van der Waals surface area contributed by atoms with Crippen molar-refractivity contribution in [1.82, 2.24) is 20.4 Å². The molecular formula is C31H48N5O5-. The van der Waals surface area contributed by atoms with Crippen molar-refractivity contribution in [2.75, 3.05) is 32.8 Å². The minimum atomic E-state index is -0.689. The fourth-order valence-corrected chi connectivity index (χ4v) is 5.08. The summed E-state index contributed by atoms with van der Waals surface area (Å²) in [6, 6.07) is 6.76. The molecule has 1 aromatic rings. The number of amidine groups is 1. The molecule has 0 spiro atoms. The Morgan fingerprint density at radius 2 is 1.63 bits per heavy atom. The molecule has 0 unspecified atom stereocenters. The molecule has 10 nitrogen and oxygen atoms in total. The highest BCUT2D eigenvalue weighted by atomic mass is 16.6. The molecule has 4 amide bonds. The van der Waals surface area contributed by atoms with Crippen molar-refractivity contribution < 1.29 is 23.9 Å². The Bertz CT molecular complexity index is 1020. The van der Waals surface area contributed by atoms with Crippen LogP contribution in [0.5, 0.6) is 5.75 Å². The summed E-state index contributed by atoms with van der Waals surface area (Å²) in [7, 11) is 0. The number of likely N-dealkylation sites (tertiary alicyclic amines) is 2. The molecule has 2 N–H and O–H groups in total. The monoisotopic (exact) mass is 570 g/mol. The molecule has 10 heteroatoms. The second kappa shape index (κ2) is 15.1. The van der Waals surface area contributed by atoms with Gasteiger partial charge in [0.2, 0.25) is 11.9 Å². The molecule has 0 aliphatic carbocycles. The van der Waals surface area contributed by atoms with E-state index in [-0.39, 0.29) is 23.7 Å². The van der Waals surface area contributed by atoms with Crippen molar-refractivity contribution in [2.24, 2.45) is 11.8 Å². The predicted molar refractivity (Wildman–Crippen MR) is 160 cm³/mol. The Labute approximate surface area is 245 Å². The number of carbonyl (C=O) groups is 3. The summed E-state index contributed by atoms with van der Waals surface area (Å²) in [6.45, 7) is 12.5. The third-order valence-electron chi connectivity index (χ3n) is 7.48. The molecule has 1 aromatic carbocycles. The lowest BCUT2D eigenvalue weighted by atomic mass is 9.92. The Morgan fingerprint density at radius 3 is 2.22 bits per heavy atom. The third-order valence-corrected chi connectivity index (χ3v) is 7.48. The molecule has 0 radical (unpaired) electrons. The van der Waals surface area contributed by atoms with Crippen molar-refractivity contribution >= 4 is 23.9 Å². The van der Waals surface area contributed by atoms with Gasteiger partial charge in [-0.15, -0.1) is 0 Å². The van der Waals surface area contributed by atoms with E-state index in [1.165, 1.54) is 0 Å². The van der Waals surface area contributed by atoms with Crippen LogP contribution < -0.4 is 15.4 Å². The number of piperidine rings is 1. The average molecular weight is 571 g/mol. The zero-order valence-electron chi connectivity index (χ0n) is 25.4. The molecule has 1 atom stereocenters. The van der Waals surface area contributed by atoms with Crippen LogP contribution in [0.1, 0.15) is 78.7 Å². The first-order valence-electron chi connectivity index (χ1n) is 15.0. The summed E-state index contributed by atoms with van der Waals surface area (Å²) < 4.78 is 11.4. The summed E-state index contributed by atoms with van der Waals surface area (Å²) in [5.41, 5.74) is 0.288. The molecule has 0 bridgehead atoms. The van der Waals surface area contributed by atoms with Crippen LogP contribution in [-0.4, -0.2) is 78.1 Å². The molecule has 2 aliphatic rings. The minimum Gasteiger partial charge on any atom is -0.494 e. The van der Waals surface area contributed by atoms with E-state index in [2.05, 4.69) is 10.6 Å². The standard InChI is InChI=1S/C31H48N5O5/c1-22(2)27(32)34-29(38)36-18-14-23(15-19-36)9-8-20-40-25-12-10-24(11-13-25)21-26(28(37)35-16-6-7-17-35)33-30(39)41-31(3,4)5/h10-13,22-23,26H,6-9,14-21H2,1-5H3,(H2-,32,33,34,38,39)/q-1/t26-/m0/s1. The van der Waals surface area contributed by atoms with E-state index >= 15 is 0 Å². The zero-order valence-corrected chi connectivity index (χ0v) is 25.4. The summed E-state index contributed by atoms with van der Waals surface area (Å²) in [5, 5.41) is 15.2. The van der Waals surface area contributed by atoms with Gasteiger partial charge in [0.25, 0.3) is 0 Å². The average Bonchev–Trinajstić information content (AvgIpc) is 3.45. The van der Waals surface area contributed by atoms with Gasteiger partial charge in [-0.25, -0.2) is 4.79 Å². The van der Waals surface area contributed by atoms with Crippen molar-refractivity contribution in [2.45, 2.75) is 91.2 Å². The van der Waals surface area contributed by atoms with Gasteiger partial charge in [-0.3, -0.25) is 9.59 Å². The molecule has 3 rings (SSSR count). The Kier molecular flexibility index (Phi) is 11.8. The maximum Gasteiger partial charge on any atom is 0.408 e. The van der Waals surface area contributed by atoms with E-state index in [9.17, 15) is 19.8 Å². The van der Waals surface area contributed by atoms with Crippen molar-refractivity contribution in [3.8, 4) is 5.75 Å². The van der Waals surface area contributed by atoms with Crippen LogP contribution in [0.4, 0.5) is 9.59 Å². The molecular weight excluding hydrogens is 522 g/mol. The summed E-state index contributed by atoms with van der Waals surface area (Å²) >= 11 is 0. The van der Waals surface area contributed by atoms with Gasteiger partial charge >= 0.3 is 6.09 Å². The highest BCUT2D eigenvalue weighted by Crippen LogP contribution is 2.23. The lowest BCUT2D eigenvalue weighted by Gasteiger charge is -2.35. The number of carbonyl (C=O) groups excluding carboxylic acids is 3. The van der Waals surface area contributed by atoms with Crippen LogP contribution in [0.3, 0.4) is 0 Å². The molecule has 0 saturated carbocycles. The van der Waals surface area contributed by atoms with Crippen LogP contribution in [0.2, 0.25) is 0 Å². The topological polar surface area (TPSA) is 123 Å². The number of alkyl carbamates (subject to hydrolysis) is 1. The number of nitrogens with zero attached hydrogens (tertiary/aromatic N) is 3. The predicted octanol–water partition coefficient (Wildman–Crippen LogP) is 4.95. The van der Waals surface area contributed by atoms with Gasteiger partial charge in [0.05, 0.1) is 6.61 Å². The van der Waals surface area contributed by atoms with Gasteiger partial charge in [-0.2, -0.15) is 0 Å². The number of amides is 4. The first-order valence-corrected chi connectivity index (χ1v) is 15.0. The fourth-order valence-electron chi connectivity index (χ4n) is 5.08. The Balaban J connectivity index is 1.41. The molecule has 2 fully saturated rings. The zero-order chi connectivity index (χ0) is 30.0.